The molecule has 0 radical (unpaired) electrons. The van der Waals surface area contributed by atoms with E-state index in [1.807, 2.05) is 34.7 Å². The van der Waals surface area contributed by atoms with E-state index in [2.05, 4.69) is 0 Å². The van der Waals surface area contributed by atoms with Crippen molar-refractivity contribution in [2.24, 2.45) is 0 Å². The minimum atomic E-state index is -0.479. The van der Waals surface area contributed by atoms with Crippen molar-refractivity contribution in [3.05, 3.63) is 0 Å². The van der Waals surface area contributed by atoms with Crippen LogP contribution in [-0.4, -0.2) is 65.8 Å². The second kappa shape index (κ2) is 6.07. The Bertz CT molecular complexity index is 436. The Balaban J connectivity index is 1.96. The van der Waals surface area contributed by atoms with Gasteiger partial charge in [0.2, 0.25) is 0 Å². The highest BCUT2D eigenvalue weighted by Crippen LogP contribution is 2.33. The maximum Gasteiger partial charge on any atom is 0.410 e. The molecule has 0 aromatic rings. The number of hydrogen-bond donors (Lipinski definition) is 0. The van der Waals surface area contributed by atoms with E-state index >= 15 is 0 Å². The third-order valence-corrected chi connectivity index (χ3v) is 4.27. The van der Waals surface area contributed by atoms with Gasteiger partial charge in [0.15, 0.2) is 0 Å². The summed E-state index contributed by atoms with van der Waals surface area (Å²) in [5, 5.41) is 0. The van der Waals surface area contributed by atoms with Crippen LogP contribution in [0, 0.1) is 0 Å². The Morgan fingerprint density at radius 3 is 2.45 bits per heavy atom. The fourth-order valence-electron chi connectivity index (χ4n) is 3.10. The molecule has 2 saturated heterocycles. The first kappa shape index (κ1) is 17.1. The van der Waals surface area contributed by atoms with Crippen LogP contribution >= 0.6 is 0 Å². The van der Waals surface area contributed by atoms with Crippen molar-refractivity contribution in [3.63, 3.8) is 0 Å². The van der Waals surface area contributed by atoms with Crippen molar-refractivity contribution < 1.29 is 19.1 Å². The SMILES string of the molecule is CCC1OC2(CCN(C(=O)OC(C)(C)C)CC2)CN(C)C1=O. The number of ether oxygens (including phenoxy) is 2. The van der Waals surface area contributed by atoms with Crippen LogP contribution in [0.15, 0.2) is 0 Å². The predicted octanol–water partition coefficient (Wildman–Crippen LogP) is 2.02. The fourth-order valence-corrected chi connectivity index (χ4v) is 3.10. The van der Waals surface area contributed by atoms with Crippen LogP contribution in [-0.2, 0) is 14.3 Å². The molecule has 1 atom stereocenters. The highest BCUT2D eigenvalue weighted by molar-refractivity contribution is 5.81. The molecule has 22 heavy (non-hydrogen) atoms. The molecule has 2 rings (SSSR count). The molecule has 126 valence electrons. The second-order valence-corrected chi connectivity index (χ2v) is 7.36. The van der Waals surface area contributed by atoms with Crippen LogP contribution in [0.1, 0.15) is 47.0 Å². The minimum absolute atomic E-state index is 0.0581. The van der Waals surface area contributed by atoms with Crippen molar-refractivity contribution in [3.8, 4) is 0 Å². The quantitative estimate of drug-likeness (QED) is 0.743. The van der Waals surface area contributed by atoms with Crippen LogP contribution in [0.4, 0.5) is 4.79 Å². The first-order valence-electron chi connectivity index (χ1n) is 8.06. The summed E-state index contributed by atoms with van der Waals surface area (Å²) in [5.41, 5.74) is -0.796. The summed E-state index contributed by atoms with van der Waals surface area (Å²) in [6, 6.07) is 0. The van der Waals surface area contributed by atoms with Gasteiger partial charge in [0, 0.05) is 26.7 Å². The zero-order valence-electron chi connectivity index (χ0n) is 14.3. The Kier molecular flexibility index (Phi) is 4.70. The molecular formula is C16H28N2O4. The summed E-state index contributed by atoms with van der Waals surface area (Å²) in [6.45, 7) is 9.38. The van der Waals surface area contributed by atoms with Gasteiger partial charge in [0.1, 0.15) is 11.7 Å². The lowest BCUT2D eigenvalue weighted by Gasteiger charge is -2.48. The second-order valence-electron chi connectivity index (χ2n) is 7.36. The van der Waals surface area contributed by atoms with Crippen LogP contribution in [0.5, 0.6) is 0 Å². The van der Waals surface area contributed by atoms with Crippen molar-refractivity contribution in [2.75, 3.05) is 26.7 Å². The normalized spacial score (nSPS) is 25.5. The molecule has 0 aliphatic carbocycles. The summed E-state index contributed by atoms with van der Waals surface area (Å²) < 4.78 is 11.5. The van der Waals surface area contributed by atoms with Crippen molar-refractivity contribution in [1.82, 2.24) is 9.80 Å². The van der Waals surface area contributed by atoms with E-state index in [1.165, 1.54) is 0 Å². The average molecular weight is 312 g/mol. The summed E-state index contributed by atoms with van der Waals surface area (Å²) >= 11 is 0. The lowest BCUT2D eigenvalue weighted by Crippen LogP contribution is -2.61. The van der Waals surface area contributed by atoms with E-state index in [4.69, 9.17) is 9.47 Å². The largest absolute Gasteiger partial charge is 0.444 e. The number of rotatable bonds is 1. The highest BCUT2D eigenvalue weighted by Gasteiger charge is 2.46. The maximum absolute atomic E-state index is 12.1. The predicted molar refractivity (Wildman–Crippen MR) is 82.6 cm³/mol. The summed E-state index contributed by atoms with van der Waals surface area (Å²) in [4.78, 5) is 27.6. The van der Waals surface area contributed by atoms with Gasteiger partial charge in [-0.15, -0.1) is 0 Å². The smallest absolute Gasteiger partial charge is 0.410 e. The molecule has 6 nitrogen and oxygen atoms in total. The monoisotopic (exact) mass is 312 g/mol. The molecular weight excluding hydrogens is 284 g/mol. The number of morpholine rings is 1. The molecule has 2 aliphatic heterocycles. The standard InChI is InChI=1S/C16H28N2O4/c1-6-12-13(19)17(5)11-16(21-12)7-9-18(10-8-16)14(20)22-15(2,3)4/h12H,6-11H2,1-5H3. The number of amides is 2. The molecule has 6 heteroatoms. The molecule has 1 unspecified atom stereocenters. The lowest BCUT2D eigenvalue weighted by atomic mass is 9.88. The third kappa shape index (κ3) is 3.72. The van der Waals surface area contributed by atoms with Gasteiger partial charge in [-0.25, -0.2) is 4.79 Å². The van der Waals surface area contributed by atoms with Crippen molar-refractivity contribution in [1.29, 1.82) is 0 Å². The van der Waals surface area contributed by atoms with E-state index in [0.717, 1.165) is 12.8 Å². The molecule has 0 bridgehead atoms. The Labute approximate surface area is 132 Å². The fraction of sp³-hybridized carbons (Fsp3) is 0.875. The molecule has 2 aliphatic rings. The van der Waals surface area contributed by atoms with Gasteiger partial charge in [0.25, 0.3) is 5.91 Å². The van der Waals surface area contributed by atoms with Crippen LogP contribution in [0.25, 0.3) is 0 Å². The Hall–Kier alpha value is -1.30. The molecule has 0 N–H and O–H groups in total. The molecule has 2 heterocycles. The number of likely N-dealkylation sites (N-methyl/N-ethyl adjacent to an activating group) is 1. The maximum atomic E-state index is 12.1. The highest BCUT2D eigenvalue weighted by atomic mass is 16.6. The van der Waals surface area contributed by atoms with Gasteiger partial charge in [-0.05, 0) is 40.0 Å². The summed E-state index contributed by atoms with van der Waals surface area (Å²) in [5.74, 6) is 0.0581. The number of piperidine rings is 1. The summed E-state index contributed by atoms with van der Waals surface area (Å²) in [6.07, 6.45) is 1.53. The number of hydrogen-bond acceptors (Lipinski definition) is 4. The Morgan fingerprint density at radius 2 is 1.95 bits per heavy atom. The van der Waals surface area contributed by atoms with Gasteiger partial charge in [-0.2, -0.15) is 0 Å². The number of likely N-dealkylation sites (tertiary alicyclic amines) is 1. The van der Waals surface area contributed by atoms with Gasteiger partial charge in [0.05, 0.1) is 5.60 Å². The molecule has 1 spiro atoms. The molecule has 0 aromatic carbocycles. The zero-order chi connectivity index (χ0) is 16.5. The van der Waals surface area contributed by atoms with Gasteiger partial charge < -0.3 is 19.3 Å². The molecule has 0 aromatic heterocycles. The lowest BCUT2D eigenvalue weighted by molar-refractivity contribution is -0.189. The van der Waals surface area contributed by atoms with Crippen LogP contribution in [0.2, 0.25) is 0 Å². The van der Waals surface area contributed by atoms with Gasteiger partial charge >= 0.3 is 6.09 Å². The van der Waals surface area contributed by atoms with E-state index in [9.17, 15) is 9.59 Å². The van der Waals surface area contributed by atoms with Gasteiger partial charge in [-0.1, -0.05) is 6.92 Å². The van der Waals surface area contributed by atoms with Crippen LogP contribution in [0.3, 0.4) is 0 Å². The molecule has 2 fully saturated rings. The number of nitrogens with zero attached hydrogens (tertiary/aromatic N) is 2. The number of carbonyl (C=O) groups is 2. The van der Waals surface area contributed by atoms with Gasteiger partial charge in [-0.3, -0.25) is 4.79 Å². The van der Waals surface area contributed by atoms with E-state index in [1.54, 1.807) is 9.80 Å². The first-order chi connectivity index (χ1) is 10.2. The topological polar surface area (TPSA) is 59.1 Å². The van der Waals surface area contributed by atoms with E-state index in [0.29, 0.717) is 26.1 Å². The third-order valence-electron chi connectivity index (χ3n) is 4.27. The average Bonchev–Trinajstić information content (AvgIpc) is 2.42. The zero-order valence-corrected chi connectivity index (χ0v) is 14.3. The van der Waals surface area contributed by atoms with E-state index in [-0.39, 0.29) is 23.7 Å². The van der Waals surface area contributed by atoms with Crippen LogP contribution < -0.4 is 0 Å². The van der Waals surface area contributed by atoms with Crippen molar-refractivity contribution >= 4 is 12.0 Å². The minimum Gasteiger partial charge on any atom is -0.444 e. The number of carbonyl (C=O) groups excluding carboxylic acids is 2. The van der Waals surface area contributed by atoms with Crippen molar-refractivity contribution in [2.45, 2.75) is 64.3 Å². The Morgan fingerprint density at radius 1 is 1.36 bits per heavy atom. The molecule has 0 saturated carbocycles. The van der Waals surface area contributed by atoms with E-state index < -0.39 is 5.60 Å². The molecule has 2 amide bonds. The first-order valence-corrected chi connectivity index (χ1v) is 8.06. The summed E-state index contributed by atoms with van der Waals surface area (Å²) in [7, 11) is 1.83.